The number of benzene rings is 1. The minimum Gasteiger partial charge on any atom is -0.545 e. The van der Waals surface area contributed by atoms with Crippen LogP contribution in [0.5, 0.6) is 0 Å². The Labute approximate surface area is 206 Å². The van der Waals surface area contributed by atoms with Gasteiger partial charge in [-0.1, -0.05) is 17.7 Å². The number of rotatable bonds is 6. The van der Waals surface area contributed by atoms with Crippen molar-refractivity contribution in [2.45, 2.75) is 31.4 Å². The van der Waals surface area contributed by atoms with Gasteiger partial charge >= 0.3 is 5.97 Å². The first-order chi connectivity index (χ1) is 16.9. The van der Waals surface area contributed by atoms with Crippen LogP contribution in [-0.4, -0.2) is 57.8 Å². The molecule has 2 aliphatic heterocycles. The number of carboxylic acids is 2. The molecule has 1 fully saturated rings. The van der Waals surface area contributed by atoms with E-state index in [1.807, 2.05) is 0 Å². The number of nitrogens with zero attached hydrogens (tertiary/aromatic N) is 3. The lowest BCUT2D eigenvalue weighted by atomic mass is 9.94. The van der Waals surface area contributed by atoms with Gasteiger partial charge in [0.1, 0.15) is 29.4 Å². The quantitative estimate of drug-likeness (QED) is 0.555. The summed E-state index contributed by atoms with van der Waals surface area (Å²) in [5, 5.41) is 24.2. The van der Waals surface area contributed by atoms with Gasteiger partial charge in [-0.2, -0.15) is 0 Å². The zero-order chi connectivity index (χ0) is 26.4. The first-order valence-corrected chi connectivity index (χ1v) is 11.0. The van der Waals surface area contributed by atoms with Crippen molar-refractivity contribution in [1.29, 1.82) is 0 Å². The molecule has 0 radical (unpaired) electrons. The van der Waals surface area contributed by atoms with Gasteiger partial charge in [-0.3, -0.25) is 19.7 Å². The summed E-state index contributed by atoms with van der Waals surface area (Å²) in [4.78, 5) is 33.2. The number of pyridine rings is 1. The number of amidine groups is 1. The van der Waals surface area contributed by atoms with Crippen LogP contribution < -0.4 is 10.4 Å². The van der Waals surface area contributed by atoms with E-state index >= 15 is 0 Å². The maximum absolute atomic E-state index is 14.3. The molecule has 13 heteroatoms. The Kier molecular flexibility index (Phi) is 6.76. The summed E-state index contributed by atoms with van der Waals surface area (Å²) in [5.74, 6) is -8.03. The summed E-state index contributed by atoms with van der Waals surface area (Å²) >= 11 is 6.17. The fraction of sp³-hybridized carbons (Fsp3) is 0.304. The molecule has 0 unspecified atom stereocenters. The fourth-order valence-electron chi connectivity index (χ4n) is 4.28. The van der Waals surface area contributed by atoms with Crippen molar-refractivity contribution in [2.75, 3.05) is 13.1 Å². The molecule has 8 nitrogen and oxygen atoms in total. The number of aliphatic imine (C=N–C) groups is 1. The summed E-state index contributed by atoms with van der Waals surface area (Å²) in [6.45, 7) is -0.111. The van der Waals surface area contributed by atoms with Gasteiger partial charge in [0, 0.05) is 46.6 Å². The van der Waals surface area contributed by atoms with Crippen LogP contribution in [0.25, 0.3) is 0 Å². The van der Waals surface area contributed by atoms with Crippen LogP contribution in [0.4, 0.5) is 17.6 Å². The molecule has 1 aromatic heterocycles. The Morgan fingerprint density at radius 3 is 2.67 bits per heavy atom. The van der Waals surface area contributed by atoms with Gasteiger partial charge in [0.2, 0.25) is 0 Å². The minimum absolute atomic E-state index is 0.00494. The molecule has 1 saturated heterocycles. The predicted molar refractivity (Wildman–Crippen MR) is 117 cm³/mol. The molecule has 36 heavy (non-hydrogen) atoms. The van der Waals surface area contributed by atoms with Crippen molar-refractivity contribution in [3.63, 3.8) is 0 Å². The average Bonchev–Trinajstić information content (AvgIpc) is 3.09. The fourth-order valence-corrected chi connectivity index (χ4v) is 4.55. The normalized spacial score (nSPS) is 21.8. The third-order valence-corrected chi connectivity index (χ3v) is 6.31. The molecule has 190 valence electrons. The summed E-state index contributed by atoms with van der Waals surface area (Å²) in [6.07, 6.45) is 0.190. The predicted octanol–water partition coefficient (Wildman–Crippen LogP) is 2.21. The second-order valence-corrected chi connectivity index (χ2v) is 8.84. The summed E-state index contributed by atoms with van der Waals surface area (Å²) in [6, 6.07) is 1.24. The molecule has 3 heterocycles. The topological polar surface area (TPSA) is 118 Å². The monoisotopic (exact) mass is 525 g/mol. The Morgan fingerprint density at radius 1 is 1.31 bits per heavy atom. The van der Waals surface area contributed by atoms with E-state index in [0.29, 0.717) is 0 Å². The Bertz CT molecular complexity index is 1320. The second kappa shape index (κ2) is 9.51. The number of halogens is 5. The summed E-state index contributed by atoms with van der Waals surface area (Å²) in [5.41, 5.74) is -0.653. The molecule has 0 amide bonds. The van der Waals surface area contributed by atoms with Gasteiger partial charge in [0.25, 0.3) is 5.92 Å². The van der Waals surface area contributed by atoms with E-state index in [1.165, 1.54) is 13.0 Å². The highest BCUT2D eigenvalue weighted by molar-refractivity contribution is 6.31. The number of carboxylic acid groups (broad SMARTS) is 2. The van der Waals surface area contributed by atoms with Crippen LogP contribution in [0.2, 0.25) is 5.02 Å². The van der Waals surface area contributed by atoms with Crippen molar-refractivity contribution in [3.8, 4) is 0 Å². The first-order valence-electron chi connectivity index (χ1n) is 10.6. The molecule has 0 aliphatic carbocycles. The molecule has 4 rings (SSSR count). The lowest BCUT2D eigenvalue weighted by molar-refractivity contribution is -0.299. The van der Waals surface area contributed by atoms with Gasteiger partial charge < -0.3 is 20.3 Å². The lowest BCUT2D eigenvalue weighted by Crippen LogP contribution is -2.45. The number of aromatic nitrogens is 1. The van der Waals surface area contributed by atoms with Crippen LogP contribution in [0.3, 0.4) is 0 Å². The maximum Gasteiger partial charge on any atom is 0.321 e. The largest absolute Gasteiger partial charge is 0.545 e. The molecule has 2 aromatic rings. The number of carbonyl (C=O) groups excluding carboxylic acids is 1. The third-order valence-electron chi connectivity index (χ3n) is 5.98. The van der Waals surface area contributed by atoms with Crippen molar-refractivity contribution in [1.82, 2.24) is 15.2 Å². The number of carbonyl (C=O) groups is 2. The van der Waals surface area contributed by atoms with Crippen molar-refractivity contribution in [2.24, 2.45) is 4.99 Å². The third kappa shape index (κ3) is 4.91. The highest BCUT2D eigenvalue weighted by atomic mass is 35.5. The number of alkyl halides is 2. The van der Waals surface area contributed by atoms with E-state index in [9.17, 15) is 37.4 Å². The standard InChI is InChI=1S/C23H19ClF4N4O4/c1-10-14(26)4-5-29-18(10)20-30-15(8-32-9-23(27,28)7-16(32)21(33)34)17(22(35)36)19(31-20)12-3-2-11(25)6-13(12)24/h2-6,16,19H,7-9H2,1H3,(H,30,31)(H,33,34)(H,35,36)/p-1/t16-,19-/m0/s1. The second-order valence-electron chi connectivity index (χ2n) is 8.44. The molecular formula is C23H18ClF4N4O4-. The number of aliphatic carboxylic acids is 2. The van der Waals surface area contributed by atoms with Gasteiger partial charge in [-0.05, 0) is 25.1 Å². The van der Waals surface area contributed by atoms with Crippen molar-refractivity contribution >= 4 is 29.4 Å². The molecule has 0 spiro atoms. The maximum atomic E-state index is 14.3. The molecule has 0 saturated carbocycles. The van der Waals surface area contributed by atoms with Crippen LogP contribution >= 0.6 is 11.6 Å². The molecule has 2 atom stereocenters. The van der Waals surface area contributed by atoms with E-state index in [1.54, 1.807) is 0 Å². The smallest absolute Gasteiger partial charge is 0.321 e. The van der Waals surface area contributed by atoms with E-state index in [4.69, 9.17) is 11.6 Å². The van der Waals surface area contributed by atoms with Crippen molar-refractivity contribution in [3.05, 3.63) is 75.2 Å². The van der Waals surface area contributed by atoms with Gasteiger partial charge in [-0.15, -0.1) is 0 Å². The summed E-state index contributed by atoms with van der Waals surface area (Å²) in [7, 11) is 0. The van der Waals surface area contributed by atoms with Crippen LogP contribution in [0.1, 0.15) is 29.3 Å². The van der Waals surface area contributed by atoms with Crippen LogP contribution in [0, 0.1) is 18.6 Å². The molecule has 0 bridgehead atoms. The molecule has 1 aromatic carbocycles. The van der Waals surface area contributed by atoms with Gasteiger partial charge in [0.15, 0.2) is 5.84 Å². The lowest BCUT2D eigenvalue weighted by Gasteiger charge is -2.32. The number of likely N-dealkylation sites (tertiary alicyclic amines) is 1. The van der Waals surface area contributed by atoms with Crippen LogP contribution in [0.15, 0.2) is 46.7 Å². The van der Waals surface area contributed by atoms with Crippen molar-refractivity contribution < 1.29 is 37.4 Å². The first kappa shape index (κ1) is 25.6. The number of hydrogen-bond acceptors (Lipinski definition) is 7. The van der Waals surface area contributed by atoms with Crippen LogP contribution in [-0.2, 0) is 9.59 Å². The molecule has 2 aliphatic rings. The highest BCUT2D eigenvalue weighted by Crippen LogP contribution is 2.38. The zero-order valence-electron chi connectivity index (χ0n) is 18.6. The average molecular weight is 526 g/mol. The van der Waals surface area contributed by atoms with E-state index < -0.39 is 66.7 Å². The van der Waals surface area contributed by atoms with E-state index in [-0.39, 0.29) is 33.4 Å². The Morgan fingerprint density at radius 2 is 2.03 bits per heavy atom. The van der Waals surface area contributed by atoms with E-state index in [2.05, 4.69) is 15.3 Å². The van der Waals surface area contributed by atoms with Gasteiger partial charge in [0.05, 0.1) is 12.5 Å². The minimum atomic E-state index is -3.32. The van der Waals surface area contributed by atoms with Gasteiger partial charge in [-0.25, -0.2) is 17.6 Å². The Balaban J connectivity index is 1.87. The Hall–Kier alpha value is -3.51. The van der Waals surface area contributed by atoms with E-state index in [0.717, 1.165) is 29.3 Å². The number of nitrogens with one attached hydrogen (secondary N) is 1. The summed E-state index contributed by atoms with van der Waals surface area (Å²) < 4.78 is 56.1. The molecule has 2 N–H and O–H groups in total. The molecular weight excluding hydrogens is 508 g/mol. The highest BCUT2D eigenvalue weighted by Gasteiger charge is 2.48. The zero-order valence-corrected chi connectivity index (χ0v) is 19.3. The number of hydrogen-bond donors (Lipinski definition) is 2. The SMILES string of the molecule is Cc1c(F)ccnc1C1=N[C@@H](c2ccc(F)cc2Cl)C(C(=O)[O-])=C(CN2CC(F)(F)C[C@H]2C(=O)O)N1.